The maximum absolute atomic E-state index is 11.4. The van der Waals surface area contributed by atoms with Crippen LogP contribution in [0.5, 0.6) is 0 Å². The van der Waals surface area contributed by atoms with Gasteiger partial charge in [-0.3, -0.25) is 4.57 Å². The summed E-state index contributed by atoms with van der Waals surface area (Å²) in [7, 11) is 1.72. The first-order valence-electron chi connectivity index (χ1n) is 5.81. The van der Waals surface area contributed by atoms with Crippen LogP contribution in [0.15, 0.2) is 27.4 Å². The minimum Gasteiger partial charge on any atom is -0.408 e. The Morgan fingerprint density at radius 1 is 1.53 bits per heavy atom. The number of aryl methyl sites for hydroxylation is 1. The summed E-state index contributed by atoms with van der Waals surface area (Å²) in [5.74, 6) is 1.20. The molecule has 17 heavy (non-hydrogen) atoms. The predicted molar refractivity (Wildman–Crippen MR) is 70.4 cm³/mol. The van der Waals surface area contributed by atoms with E-state index in [0.29, 0.717) is 16.3 Å². The molecule has 0 saturated heterocycles. The topological polar surface area (TPSA) is 35.1 Å². The van der Waals surface area contributed by atoms with Crippen molar-refractivity contribution in [3.63, 3.8) is 0 Å². The van der Waals surface area contributed by atoms with E-state index in [2.05, 4.69) is 28.9 Å². The molecule has 0 aliphatic heterocycles. The molecule has 0 spiro atoms. The predicted octanol–water partition coefficient (Wildman–Crippen LogP) is 3.22. The van der Waals surface area contributed by atoms with Gasteiger partial charge in [0.15, 0.2) is 5.58 Å². The maximum atomic E-state index is 11.4. The van der Waals surface area contributed by atoms with Gasteiger partial charge in [-0.1, -0.05) is 28.9 Å². The van der Waals surface area contributed by atoms with Gasteiger partial charge in [0.05, 0.1) is 5.52 Å². The lowest BCUT2D eigenvalue weighted by molar-refractivity contribution is 0.527. The van der Waals surface area contributed by atoms with Crippen LogP contribution in [0.25, 0.3) is 11.1 Å². The molecule has 0 bridgehead atoms. The molecule has 3 atom stereocenters. The standard InChI is InChI=1S/C13H14BrNO2/c1-7-5-9(7)12(14)8-3-4-10-11(6-8)17-13(16)15(10)2/h3-4,6-7,9,12H,5H2,1-2H3. The molecule has 1 aromatic carbocycles. The molecule has 3 unspecified atom stereocenters. The highest BCUT2D eigenvalue weighted by Gasteiger charge is 2.38. The van der Waals surface area contributed by atoms with Crippen LogP contribution in [-0.4, -0.2) is 4.57 Å². The zero-order chi connectivity index (χ0) is 12.2. The molecule has 1 fully saturated rings. The largest absolute Gasteiger partial charge is 0.419 e. The molecule has 3 nitrogen and oxygen atoms in total. The third-order valence-electron chi connectivity index (χ3n) is 3.68. The summed E-state index contributed by atoms with van der Waals surface area (Å²) in [6, 6.07) is 6.00. The number of rotatable bonds is 2. The summed E-state index contributed by atoms with van der Waals surface area (Å²) in [5, 5.41) is 0. The molecular weight excluding hydrogens is 282 g/mol. The third kappa shape index (κ3) is 1.75. The van der Waals surface area contributed by atoms with Crippen molar-refractivity contribution >= 4 is 27.0 Å². The van der Waals surface area contributed by atoms with Crippen molar-refractivity contribution in [1.29, 1.82) is 0 Å². The van der Waals surface area contributed by atoms with E-state index in [1.165, 1.54) is 16.6 Å². The molecule has 1 aliphatic rings. The zero-order valence-corrected chi connectivity index (χ0v) is 11.4. The highest BCUT2D eigenvalue weighted by atomic mass is 79.9. The number of alkyl halides is 1. The van der Waals surface area contributed by atoms with E-state index in [1.54, 1.807) is 7.05 Å². The lowest BCUT2D eigenvalue weighted by Crippen LogP contribution is -2.08. The molecule has 3 rings (SSSR count). The second-order valence-corrected chi connectivity index (χ2v) is 5.92. The molecular formula is C13H14BrNO2. The Morgan fingerprint density at radius 3 is 2.88 bits per heavy atom. The van der Waals surface area contributed by atoms with Crippen molar-refractivity contribution in [1.82, 2.24) is 4.57 Å². The summed E-state index contributed by atoms with van der Waals surface area (Å²) in [6.07, 6.45) is 1.27. The quantitative estimate of drug-likeness (QED) is 0.798. The molecule has 0 N–H and O–H groups in total. The first kappa shape index (κ1) is 11.1. The minimum absolute atomic E-state index is 0.303. The molecule has 1 aromatic heterocycles. The van der Waals surface area contributed by atoms with E-state index in [1.807, 2.05) is 12.1 Å². The van der Waals surface area contributed by atoms with Gasteiger partial charge in [-0.2, -0.15) is 0 Å². The highest BCUT2D eigenvalue weighted by molar-refractivity contribution is 9.09. The Morgan fingerprint density at radius 2 is 2.24 bits per heavy atom. The van der Waals surface area contributed by atoms with Crippen LogP contribution in [0.4, 0.5) is 0 Å². The second kappa shape index (κ2) is 3.73. The molecule has 1 heterocycles. The Balaban J connectivity index is 2.04. The molecule has 0 amide bonds. The number of halogens is 1. The van der Waals surface area contributed by atoms with Gasteiger partial charge >= 0.3 is 5.76 Å². The van der Waals surface area contributed by atoms with Gasteiger partial charge in [0.1, 0.15) is 0 Å². The number of hydrogen-bond acceptors (Lipinski definition) is 2. The number of nitrogens with zero attached hydrogens (tertiary/aromatic N) is 1. The van der Waals surface area contributed by atoms with E-state index in [0.717, 1.165) is 11.4 Å². The van der Waals surface area contributed by atoms with Crippen LogP contribution in [0.3, 0.4) is 0 Å². The van der Waals surface area contributed by atoms with Crippen molar-refractivity contribution in [2.24, 2.45) is 18.9 Å². The summed E-state index contributed by atoms with van der Waals surface area (Å²) in [4.78, 5) is 11.8. The number of fused-ring (bicyclic) bond motifs is 1. The first-order valence-corrected chi connectivity index (χ1v) is 6.73. The first-order chi connectivity index (χ1) is 8.08. The summed E-state index contributed by atoms with van der Waals surface area (Å²) < 4.78 is 6.73. The van der Waals surface area contributed by atoms with Crippen LogP contribution in [0, 0.1) is 11.8 Å². The van der Waals surface area contributed by atoms with Crippen LogP contribution in [0.2, 0.25) is 0 Å². The molecule has 1 aliphatic carbocycles. The van der Waals surface area contributed by atoms with E-state index in [-0.39, 0.29) is 5.76 Å². The summed E-state index contributed by atoms with van der Waals surface area (Å²) in [6.45, 7) is 2.26. The van der Waals surface area contributed by atoms with Crippen LogP contribution in [-0.2, 0) is 7.05 Å². The van der Waals surface area contributed by atoms with Crippen LogP contribution in [0.1, 0.15) is 23.7 Å². The molecule has 1 saturated carbocycles. The van der Waals surface area contributed by atoms with Crippen molar-refractivity contribution in [3.8, 4) is 0 Å². The molecule has 2 aromatic rings. The van der Waals surface area contributed by atoms with Gasteiger partial charge in [0.25, 0.3) is 0 Å². The third-order valence-corrected chi connectivity index (χ3v) is 4.89. The van der Waals surface area contributed by atoms with Gasteiger partial charge in [0.2, 0.25) is 0 Å². The lowest BCUT2D eigenvalue weighted by atomic mass is 10.1. The van der Waals surface area contributed by atoms with Crippen molar-refractivity contribution in [2.75, 3.05) is 0 Å². The van der Waals surface area contributed by atoms with E-state index in [4.69, 9.17) is 4.42 Å². The van der Waals surface area contributed by atoms with Gasteiger partial charge < -0.3 is 4.42 Å². The normalized spacial score (nSPS) is 25.1. The summed E-state index contributed by atoms with van der Waals surface area (Å²) >= 11 is 3.74. The van der Waals surface area contributed by atoms with Crippen molar-refractivity contribution in [3.05, 3.63) is 34.3 Å². The SMILES string of the molecule is CC1CC1C(Br)c1ccc2c(c1)oc(=O)n2C. The van der Waals surface area contributed by atoms with Crippen LogP contribution >= 0.6 is 15.9 Å². The number of hydrogen-bond donors (Lipinski definition) is 0. The highest BCUT2D eigenvalue weighted by Crippen LogP contribution is 2.51. The number of oxazole rings is 1. The fourth-order valence-corrected chi connectivity index (χ4v) is 3.35. The molecule has 4 heteroatoms. The van der Waals surface area contributed by atoms with Gasteiger partial charge in [-0.15, -0.1) is 0 Å². The lowest BCUT2D eigenvalue weighted by Gasteiger charge is -2.08. The van der Waals surface area contributed by atoms with E-state index in [9.17, 15) is 4.79 Å². The monoisotopic (exact) mass is 295 g/mol. The Bertz CT molecular complexity index is 628. The Labute approximate surface area is 108 Å². The average Bonchev–Trinajstić information content (AvgIpc) is 2.97. The van der Waals surface area contributed by atoms with E-state index < -0.39 is 0 Å². The minimum atomic E-state index is -0.303. The molecule has 90 valence electrons. The molecule has 0 radical (unpaired) electrons. The van der Waals surface area contributed by atoms with Gasteiger partial charge in [-0.05, 0) is 36.0 Å². The van der Waals surface area contributed by atoms with Crippen LogP contribution < -0.4 is 5.76 Å². The Kier molecular flexibility index (Phi) is 2.43. The van der Waals surface area contributed by atoms with Crippen molar-refractivity contribution < 1.29 is 4.42 Å². The number of aromatic nitrogens is 1. The second-order valence-electron chi connectivity index (χ2n) is 4.93. The zero-order valence-electron chi connectivity index (χ0n) is 9.81. The van der Waals surface area contributed by atoms with E-state index >= 15 is 0 Å². The average molecular weight is 296 g/mol. The van der Waals surface area contributed by atoms with Crippen molar-refractivity contribution in [2.45, 2.75) is 18.2 Å². The van der Waals surface area contributed by atoms with Gasteiger partial charge in [-0.25, -0.2) is 4.79 Å². The maximum Gasteiger partial charge on any atom is 0.419 e. The summed E-state index contributed by atoms with van der Waals surface area (Å²) in [5.41, 5.74) is 2.72. The fourth-order valence-electron chi connectivity index (χ4n) is 2.33. The number of benzene rings is 1. The van der Waals surface area contributed by atoms with Gasteiger partial charge in [0, 0.05) is 11.9 Å². The smallest absolute Gasteiger partial charge is 0.408 e. The fraction of sp³-hybridized carbons (Fsp3) is 0.462. The Hall–Kier alpha value is -1.03.